The quantitative estimate of drug-likeness (QED) is 0.629. The largest absolute Gasteiger partial charge is 0.361 e. The van der Waals surface area contributed by atoms with E-state index < -0.39 is 0 Å². The third-order valence-corrected chi connectivity index (χ3v) is 2.84. The van der Waals surface area contributed by atoms with Gasteiger partial charge in [0.25, 0.3) is 0 Å². The zero-order valence-electron chi connectivity index (χ0n) is 9.40. The zero-order valence-corrected chi connectivity index (χ0v) is 11.6. The number of nitrogens with zero attached hydrogens (tertiary/aromatic N) is 1. The van der Waals surface area contributed by atoms with Crippen LogP contribution in [0.1, 0.15) is 18.2 Å². The van der Waals surface area contributed by atoms with Crippen molar-refractivity contribution in [3.63, 3.8) is 0 Å². The van der Waals surface area contributed by atoms with Gasteiger partial charge in [0.2, 0.25) is 0 Å². The maximum atomic E-state index is 5.06. The van der Waals surface area contributed by atoms with Crippen LogP contribution in [-0.2, 0) is 6.42 Å². The Bertz CT molecular complexity index is 459. The summed E-state index contributed by atoms with van der Waals surface area (Å²) in [7, 11) is 0. The summed E-state index contributed by atoms with van der Waals surface area (Å²) >= 11 is 2.44. The molecule has 1 aromatic heterocycles. The molecule has 0 bridgehead atoms. The highest BCUT2D eigenvalue weighted by molar-refractivity contribution is 14.1. The van der Waals surface area contributed by atoms with Gasteiger partial charge in [-0.25, -0.2) is 0 Å². The highest BCUT2D eigenvalue weighted by Crippen LogP contribution is 2.20. The summed E-state index contributed by atoms with van der Waals surface area (Å²) in [6.45, 7) is 4.12. The summed E-state index contributed by atoms with van der Waals surface area (Å²) in [6.07, 6.45) is 1.11. The van der Waals surface area contributed by atoms with E-state index in [1.54, 1.807) is 0 Å². The first-order valence-electron chi connectivity index (χ1n) is 5.32. The van der Waals surface area contributed by atoms with Crippen molar-refractivity contribution in [2.24, 2.45) is 0 Å². The third kappa shape index (κ3) is 2.84. The molecule has 0 N–H and O–H groups in total. The summed E-state index contributed by atoms with van der Waals surface area (Å²) in [4.78, 5) is 0. The molecule has 1 heterocycles. The van der Waals surface area contributed by atoms with Gasteiger partial charge in [-0.3, -0.25) is 0 Å². The molecule has 0 aliphatic carbocycles. The van der Waals surface area contributed by atoms with Crippen molar-refractivity contribution in [2.45, 2.75) is 24.2 Å². The van der Waals surface area contributed by atoms with E-state index in [1.165, 1.54) is 5.56 Å². The lowest BCUT2D eigenvalue weighted by molar-refractivity contribution is 0.399. The fourth-order valence-electron chi connectivity index (χ4n) is 1.64. The van der Waals surface area contributed by atoms with Crippen LogP contribution in [0, 0.1) is 6.92 Å². The van der Waals surface area contributed by atoms with Crippen LogP contribution < -0.4 is 0 Å². The molecule has 0 aliphatic rings. The third-order valence-electron chi connectivity index (χ3n) is 2.39. The smallest absolute Gasteiger partial charge is 0.134 e. The lowest BCUT2D eigenvalue weighted by atomic mass is 10.1. The van der Waals surface area contributed by atoms with Crippen molar-refractivity contribution in [3.05, 3.63) is 41.7 Å². The Morgan fingerprint density at radius 2 is 2.00 bits per heavy atom. The van der Waals surface area contributed by atoms with E-state index >= 15 is 0 Å². The number of aromatic nitrogens is 1. The molecule has 2 nitrogen and oxygen atoms in total. The maximum Gasteiger partial charge on any atom is 0.134 e. The van der Waals surface area contributed by atoms with Gasteiger partial charge in [0, 0.05) is 15.6 Å². The van der Waals surface area contributed by atoms with Crippen LogP contribution >= 0.6 is 22.6 Å². The number of rotatable bonds is 3. The molecule has 3 heteroatoms. The Labute approximate surface area is 109 Å². The first-order chi connectivity index (χ1) is 7.65. The van der Waals surface area contributed by atoms with Gasteiger partial charge in [-0.2, -0.15) is 0 Å². The zero-order chi connectivity index (χ0) is 11.5. The molecule has 0 saturated heterocycles. The van der Waals surface area contributed by atoms with E-state index in [2.05, 4.69) is 58.9 Å². The molecule has 1 atom stereocenters. The van der Waals surface area contributed by atoms with Crippen LogP contribution in [0.2, 0.25) is 0 Å². The SMILES string of the molecule is Cc1cc(-c2ccc(CC(C)I)cc2)no1. The van der Waals surface area contributed by atoms with Crippen molar-refractivity contribution in [1.82, 2.24) is 5.16 Å². The number of halogens is 1. The normalized spacial score (nSPS) is 12.7. The monoisotopic (exact) mass is 327 g/mol. The van der Waals surface area contributed by atoms with Crippen LogP contribution in [-0.4, -0.2) is 9.08 Å². The van der Waals surface area contributed by atoms with E-state index in [4.69, 9.17) is 4.52 Å². The van der Waals surface area contributed by atoms with Crippen molar-refractivity contribution >= 4 is 22.6 Å². The van der Waals surface area contributed by atoms with Gasteiger partial charge in [0.1, 0.15) is 11.5 Å². The van der Waals surface area contributed by atoms with E-state index in [0.29, 0.717) is 3.92 Å². The van der Waals surface area contributed by atoms with Gasteiger partial charge in [-0.15, -0.1) is 0 Å². The van der Waals surface area contributed by atoms with Crippen molar-refractivity contribution in [2.75, 3.05) is 0 Å². The second-order valence-corrected chi connectivity index (χ2v) is 6.13. The molecule has 0 aliphatic heterocycles. The summed E-state index contributed by atoms with van der Waals surface area (Å²) in [5.41, 5.74) is 3.39. The molecule has 1 aromatic carbocycles. The van der Waals surface area contributed by atoms with Gasteiger partial charge in [0.05, 0.1) is 0 Å². The molecule has 0 radical (unpaired) electrons. The Morgan fingerprint density at radius 3 is 2.50 bits per heavy atom. The molecule has 0 fully saturated rings. The van der Waals surface area contributed by atoms with Crippen molar-refractivity contribution < 1.29 is 4.52 Å². The predicted molar refractivity (Wildman–Crippen MR) is 73.9 cm³/mol. The van der Waals surface area contributed by atoms with E-state index in [0.717, 1.165) is 23.4 Å². The molecule has 2 aromatic rings. The highest BCUT2D eigenvalue weighted by Gasteiger charge is 2.04. The molecule has 0 spiro atoms. The maximum absolute atomic E-state index is 5.06. The molecular formula is C13H14INO. The lowest BCUT2D eigenvalue weighted by Gasteiger charge is -2.03. The number of hydrogen-bond donors (Lipinski definition) is 0. The van der Waals surface area contributed by atoms with Gasteiger partial charge >= 0.3 is 0 Å². The first kappa shape index (κ1) is 11.6. The molecule has 2 rings (SSSR count). The van der Waals surface area contributed by atoms with Crippen LogP contribution in [0.25, 0.3) is 11.3 Å². The Hall–Kier alpha value is -0.840. The molecule has 1 unspecified atom stereocenters. The molecule has 0 amide bonds. The fourth-order valence-corrected chi connectivity index (χ4v) is 2.15. The number of alkyl halides is 1. The Balaban J connectivity index is 2.19. The molecule has 0 saturated carbocycles. The van der Waals surface area contributed by atoms with E-state index in [-0.39, 0.29) is 0 Å². The average Bonchev–Trinajstić information content (AvgIpc) is 2.65. The standard InChI is InChI=1S/C13H14INO/c1-9(14)7-11-3-5-12(6-4-11)13-8-10(2)16-15-13/h3-6,8-9H,7H2,1-2H3. The van der Waals surface area contributed by atoms with Gasteiger partial charge in [0.15, 0.2) is 0 Å². The highest BCUT2D eigenvalue weighted by atomic mass is 127. The molecule has 84 valence electrons. The predicted octanol–water partition coefficient (Wildman–Crippen LogP) is 4.02. The van der Waals surface area contributed by atoms with E-state index in [9.17, 15) is 0 Å². The number of aryl methyl sites for hydroxylation is 1. The fraction of sp³-hybridized carbons (Fsp3) is 0.308. The van der Waals surface area contributed by atoms with Gasteiger partial charge in [-0.05, 0) is 18.9 Å². The summed E-state index contributed by atoms with van der Waals surface area (Å²) in [6, 6.07) is 10.5. The Morgan fingerprint density at radius 1 is 1.31 bits per heavy atom. The topological polar surface area (TPSA) is 26.0 Å². The first-order valence-corrected chi connectivity index (χ1v) is 6.56. The second-order valence-electron chi connectivity index (χ2n) is 4.00. The van der Waals surface area contributed by atoms with E-state index in [1.807, 2.05) is 13.0 Å². The van der Waals surface area contributed by atoms with Gasteiger partial charge < -0.3 is 4.52 Å². The minimum Gasteiger partial charge on any atom is -0.361 e. The van der Waals surface area contributed by atoms with Gasteiger partial charge in [-0.1, -0.05) is 58.9 Å². The molecule has 16 heavy (non-hydrogen) atoms. The summed E-state index contributed by atoms with van der Waals surface area (Å²) in [5, 5.41) is 4.00. The second kappa shape index (κ2) is 4.99. The summed E-state index contributed by atoms with van der Waals surface area (Å²) < 4.78 is 5.73. The van der Waals surface area contributed by atoms with Crippen molar-refractivity contribution in [3.8, 4) is 11.3 Å². The van der Waals surface area contributed by atoms with Crippen LogP contribution in [0.5, 0.6) is 0 Å². The summed E-state index contributed by atoms with van der Waals surface area (Å²) in [5.74, 6) is 0.847. The average molecular weight is 327 g/mol. The van der Waals surface area contributed by atoms with Crippen molar-refractivity contribution in [1.29, 1.82) is 0 Å². The van der Waals surface area contributed by atoms with Crippen LogP contribution in [0.4, 0.5) is 0 Å². The number of benzene rings is 1. The number of hydrogen-bond acceptors (Lipinski definition) is 2. The van der Waals surface area contributed by atoms with Crippen LogP contribution in [0.15, 0.2) is 34.9 Å². The minimum atomic E-state index is 0.665. The Kier molecular flexibility index (Phi) is 3.63. The lowest BCUT2D eigenvalue weighted by Crippen LogP contribution is -1.95. The molecular weight excluding hydrogens is 313 g/mol. The minimum absolute atomic E-state index is 0.665. The van der Waals surface area contributed by atoms with Crippen LogP contribution in [0.3, 0.4) is 0 Å².